The molecule has 0 bridgehead atoms. The predicted molar refractivity (Wildman–Crippen MR) is 159 cm³/mol. The molecule has 5 aromatic carbocycles. The SMILES string of the molecule is COc1ccc(C(OC[C@@H](O)COCc2ccc(-c3ccccc3)cc2)(c2ccccc2)c2ccccc2)cc1. The lowest BCUT2D eigenvalue weighted by Crippen LogP contribution is -2.36. The molecule has 0 aromatic heterocycles. The Morgan fingerprint density at radius 2 is 1.07 bits per heavy atom. The van der Waals surface area contributed by atoms with Crippen molar-refractivity contribution in [1.82, 2.24) is 0 Å². The predicted octanol–water partition coefficient (Wildman–Crippen LogP) is 7.25. The fourth-order valence-corrected chi connectivity index (χ4v) is 4.93. The van der Waals surface area contributed by atoms with Crippen LogP contribution in [0.2, 0.25) is 0 Å². The molecule has 5 rings (SSSR count). The second-order valence-corrected chi connectivity index (χ2v) is 9.68. The lowest BCUT2D eigenvalue weighted by molar-refractivity contribution is -0.0662. The highest BCUT2D eigenvalue weighted by molar-refractivity contribution is 5.63. The van der Waals surface area contributed by atoms with E-state index in [2.05, 4.69) is 60.7 Å². The maximum absolute atomic E-state index is 10.9. The van der Waals surface area contributed by atoms with Crippen molar-refractivity contribution in [2.45, 2.75) is 18.3 Å². The minimum atomic E-state index is -0.928. The number of aliphatic hydroxyl groups is 1. The molecule has 40 heavy (non-hydrogen) atoms. The van der Waals surface area contributed by atoms with Crippen LogP contribution in [-0.2, 0) is 21.7 Å². The molecule has 1 N–H and O–H groups in total. The van der Waals surface area contributed by atoms with Gasteiger partial charge in [0.05, 0.1) is 26.9 Å². The molecule has 0 fully saturated rings. The summed E-state index contributed by atoms with van der Waals surface area (Å²) in [5.74, 6) is 0.768. The average Bonchev–Trinajstić information content (AvgIpc) is 3.03. The Balaban J connectivity index is 1.30. The summed E-state index contributed by atoms with van der Waals surface area (Å²) in [6.45, 7) is 0.651. The number of methoxy groups -OCH3 is 1. The molecule has 5 aromatic rings. The van der Waals surface area contributed by atoms with Gasteiger partial charge in [0.25, 0.3) is 0 Å². The molecule has 0 saturated carbocycles. The highest BCUT2D eigenvalue weighted by Gasteiger charge is 2.38. The Morgan fingerprint density at radius 3 is 1.62 bits per heavy atom. The third-order valence-corrected chi connectivity index (χ3v) is 6.99. The second-order valence-electron chi connectivity index (χ2n) is 9.68. The van der Waals surface area contributed by atoms with E-state index in [1.165, 1.54) is 5.56 Å². The molecule has 1 atom stereocenters. The van der Waals surface area contributed by atoms with Gasteiger partial charge in [0.2, 0.25) is 0 Å². The van der Waals surface area contributed by atoms with Gasteiger partial charge in [-0.2, -0.15) is 0 Å². The monoisotopic (exact) mass is 530 g/mol. The largest absolute Gasteiger partial charge is 0.497 e. The van der Waals surface area contributed by atoms with E-state index in [-0.39, 0.29) is 13.2 Å². The third-order valence-electron chi connectivity index (χ3n) is 6.99. The number of hydrogen-bond acceptors (Lipinski definition) is 4. The number of hydrogen-bond donors (Lipinski definition) is 1. The zero-order chi connectivity index (χ0) is 27.6. The molecule has 0 spiro atoms. The summed E-state index contributed by atoms with van der Waals surface area (Å²) >= 11 is 0. The molecule has 202 valence electrons. The van der Waals surface area contributed by atoms with E-state index in [9.17, 15) is 5.11 Å². The van der Waals surface area contributed by atoms with Gasteiger partial charge in [0, 0.05) is 0 Å². The summed E-state index contributed by atoms with van der Waals surface area (Å²) in [6.07, 6.45) is -0.811. The van der Waals surface area contributed by atoms with Crippen LogP contribution < -0.4 is 4.74 Å². The molecule has 0 radical (unpaired) electrons. The van der Waals surface area contributed by atoms with Crippen LogP contribution in [0.3, 0.4) is 0 Å². The minimum absolute atomic E-state index is 0.0861. The smallest absolute Gasteiger partial charge is 0.143 e. The van der Waals surface area contributed by atoms with E-state index in [0.717, 1.165) is 33.6 Å². The number of aliphatic hydroxyl groups excluding tert-OH is 1. The van der Waals surface area contributed by atoms with Crippen molar-refractivity contribution >= 4 is 0 Å². The van der Waals surface area contributed by atoms with E-state index in [1.54, 1.807) is 7.11 Å². The van der Waals surface area contributed by atoms with Gasteiger partial charge in [0.15, 0.2) is 0 Å². The van der Waals surface area contributed by atoms with Crippen molar-refractivity contribution in [3.05, 3.63) is 162 Å². The van der Waals surface area contributed by atoms with Crippen molar-refractivity contribution in [3.63, 3.8) is 0 Å². The van der Waals surface area contributed by atoms with Gasteiger partial charge >= 0.3 is 0 Å². The van der Waals surface area contributed by atoms with Crippen LogP contribution in [0.4, 0.5) is 0 Å². The highest BCUT2D eigenvalue weighted by atomic mass is 16.5. The topological polar surface area (TPSA) is 47.9 Å². The van der Waals surface area contributed by atoms with Gasteiger partial charge < -0.3 is 19.3 Å². The van der Waals surface area contributed by atoms with Gasteiger partial charge in [-0.05, 0) is 45.5 Å². The first-order valence-corrected chi connectivity index (χ1v) is 13.5. The summed E-state index contributed by atoms with van der Waals surface area (Å²) in [4.78, 5) is 0. The van der Waals surface area contributed by atoms with Crippen LogP contribution in [0.1, 0.15) is 22.3 Å². The molecular weight excluding hydrogens is 496 g/mol. The number of rotatable bonds is 12. The molecular formula is C36H34O4. The first-order chi connectivity index (χ1) is 19.7. The summed E-state index contributed by atoms with van der Waals surface area (Å²) < 4.78 is 18.0. The maximum Gasteiger partial charge on any atom is 0.143 e. The lowest BCUT2D eigenvalue weighted by atomic mass is 9.80. The highest BCUT2D eigenvalue weighted by Crippen LogP contribution is 2.41. The van der Waals surface area contributed by atoms with E-state index >= 15 is 0 Å². The van der Waals surface area contributed by atoms with Gasteiger partial charge in [0.1, 0.15) is 17.5 Å². The molecule has 0 heterocycles. The zero-order valence-electron chi connectivity index (χ0n) is 22.6. The molecule has 4 heteroatoms. The summed E-state index contributed by atoms with van der Waals surface area (Å²) in [7, 11) is 1.65. The van der Waals surface area contributed by atoms with Crippen molar-refractivity contribution < 1.29 is 19.3 Å². The zero-order valence-corrected chi connectivity index (χ0v) is 22.6. The van der Waals surface area contributed by atoms with Crippen LogP contribution in [-0.4, -0.2) is 31.5 Å². The Hall–Kier alpha value is -4.22. The fraction of sp³-hybridized carbons (Fsp3) is 0.167. The van der Waals surface area contributed by atoms with Crippen molar-refractivity contribution in [1.29, 1.82) is 0 Å². The molecule has 0 aliphatic carbocycles. The van der Waals surface area contributed by atoms with E-state index in [1.807, 2.05) is 78.9 Å². The van der Waals surface area contributed by atoms with Crippen LogP contribution in [0.15, 0.2) is 140 Å². The van der Waals surface area contributed by atoms with Crippen molar-refractivity contribution in [2.75, 3.05) is 20.3 Å². The van der Waals surface area contributed by atoms with Crippen LogP contribution in [0.5, 0.6) is 5.75 Å². The third kappa shape index (κ3) is 6.32. The molecule has 0 aliphatic rings. The number of benzene rings is 5. The molecule has 4 nitrogen and oxygen atoms in total. The standard InChI is InChI=1S/C36H34O4/c1-38-35-23-21-33(22-24-35)36(31-13-7-3-8-14-31,32-15-9-4-10-16-32)40-27-34(37)26-39-25-28-17-19-30(20-18-28)29-11-5-2-6-12-29/h2-24,34,37H,25-27H2,1H3/t34-/m0/s1. The second kappa shape index (κ2) is 13.2. The molecule has 0 amide bonds. The quantitative estimate of drug-likeness (QED) is 0.173. The average molecular weight is 531 g/mol. The Morgan fingerprint density at radius 1 is 0.575 bits per heavy atom. The molecule has 0 saturated heterocycles. The summed E-state index contributed by atoms with van der Waals surface area (Å²) in [6, 6.07) is 46.7. The summed E-state index contributed by atoms with van der Waals surface area (Å²) in [5.41, 5.74) is 5.35. The Kier molecular flexibility index (Phi) is 9.04. The Bertz CT molecular complexity index is 1390. The van der Waals surface area contributed by atoms with Gasteiger partial charge in [-0.1, -0.05) is 127 Å². The van der Waals surface area contributed by atoms with Crippen LogP contribution in [0.25, 0.3) is 11.1 Å². The van der Waals surface area contributed by atoms with E-state index in [4.69, 9.17) is 14.2 Å². The van der Waals surface area contributed by atoms with Crippen LogP contribution in [0, 0.1) is 0 Å². The maximum atomic E-state index is 10.9. The van der Waals surface area contributed by atoms with Crippen molar-refractivity contribution in [3.8, 4) is 16.9 Å². The van der Waals surface area contributed by atoms with Crippen molar-refractivity contribution in [2.24, 2.45) is 0 Å². The molecule has 0 aliphatic heterocycles. The first-order valence-electron chi connectivity index (χ1n) is 13.5. The van der Waals surface area contributed by atoms with Gasteiger partial charge in [-0.15, -0.1) is 0 Å². The van der Waals surface area contributed by atoms with E-state index in [0.29, 0.717) is 6.61 Å². The van der Waals surface area contributed by atoms with Gasteiger partial charge in [-0.3, -0.25) is 0 Å². The minimum Gasteiger partial charge on any atom is -0.497 e. The first kappa shape index (κ1) is 27.4. The van der Waals surface area contributed by atoms with E-state index < -0.39 is 11.7 Å². The summed E-state index contributed by atoms with van der Waals surface area (Å²) in [5, 5.41) is 10.9. The van der Waals surface area contributed by atoms with Gasteiger partial charge in [-0.25, -0.2) is 0 Å². The fourth-order valence-electron chi connectivity index (χ4n) is 4.93. The lowest BCUT2D eigenvalue weighted by Gasteiger charge is -2.36. The normalized spacial score (nSPS) is 12.2. The van der Waals surface area contributed by atoms with Crippen LogP contribution >= 0.6 is 0 Å². The number of ether oxygens (including phenoxy) is 3. The molecule has 0 unspecified atom stereocenters. The Labute approximate surface area is 236 Å².